The normalized spacial score (nSPS) is 13.3. The molecule has 1 aromatic rings. The summed E-state index contributed by atoms with van der Waals surface area (Å²) >= 11 is 0. The van der Waals surface area contributed by atoms with Crippen LogP contribution in [-0.2, 0) is 19.1 Å². The predicted molar refractivity (Wildman–Crippen MR) is 120 cm³/mol. The van der Waals surface area contributed by atoms with Crippen molar-refractivity contribution in [3.05, 3.63) is 35.9 Å². The summed E-state index contributed by atoms with van der Waals surface area (Å²) in [5.74, 6) is 0.591. The first-order valence-electron chi connectivity index (χ1n) is 10.7. The van der Waals surface area contributed by atoms with Crippen molar-refractivity contribution in [3.8, 4) is 17.2 Å². The maximum atomic E-state index is 12.3. The van der Waals surface area contributed by atoms with E-state index in [0.29, 0.717) is 48.8 Å². The van der Waals surface area contributed by atoms with Gasteiger partial charge >= 0.3 is 5.97 Å². The lowest BCUT2D eigenvalue weighted by Crippen LogP contribution is -2.37. The number of nitrogens with zero attached hydrogens (tertiary/aromatic N) is 1. The molecule has 0 aromatic heterocycles. The fourth-order valence-electron chi connectivity index (χ4n) is 3.20. The van der Waals surface area contributed by atoms with Crippen LogP contribution in [0.15, 0.2) is 30.4 Å². The largest absolute Gasteiger partial charge is 0.493 e. The Bertz CT molecular complexity index is 835. The van der Waals surface area contributed by atoms with Crippen LogP contribution < -0.4 is 14.2 Å². The topological polar surface area (TPSA) is 91.4 Å². The molecule has 1 heterocycles. The first kappa shape index (κ1) is 25.0. The Labute approximate surface area is 188 Å². The van der Waals surface area contributed by atoms with E-state index in [9.17, 15) is 14.4 Å². The second kappa shape index (κ2) is 13.2. The van der Waals surface area contributed by atoms with Crippen molar-refractivity contribution in [2.24, 2.45) is 0 Å². The van der Waals surface area contributed by atoms with Gasteiger partial charge in [-0.1, -0.05) is 18.9 Å². The fourth-order valence-corrected chi connectivity index (χ4v) is 3.20. The molecule has 0 fully saturated rings. The molecule has 0 radical (unpaired) electrons. The van der Waals surface area contributed by atoms with Gasteiger partial charge in [0.25, 0.3) is 11.8 Å². The summed E-state index contributed by atoms with van der Waals surface area (Å²) in [6.07, 6.45) is 10.7. The summed E-state index contributed by atoms with van der Waals surface area (Å²) < 4.78 is 21.4. The molecule has 0 atom stereocenters. The molecule has 32 heavy (non-hydrogen) atoms. The predicted octanol–water partition coefficient (Wildman–Crippen LogP) is 3.53. The van der Waals surface area contributed by atoms with Crippen molar-refractivity contribution in [1.29, 1.82) is 0 Å². The molecule has 8 nitrogen and oxygen atoms in total. The van der Waals surface area contributed by atoms with Crippen molar-refractivity contribution in [1.82, 2.24) is 4.90 Å². The molecular weight excluding hydrogens is 414 g/mol. The third-order valence-corrected chi connectivity index (χ3v) is 4.96. The summed E-state index contributed by atoms with van der Waals surface area (Å²) in [6.45, 7) is 0.851. The summed E-state index contributed by atoms with van der Waals surface area (Å²) in [5.41, 5.74) is 0.683. The average molecular weight is 446 g/mol. The van der Waals surface area contributed by atoms with Gasteiger partial charge in [-0.2, -0.15) is 0 Å². The van der Waals surface area contributed by atoms with E-state index >= 15 is 0 Å². The van der Waals surface area contributed by atoms with Crippen molar-refractivity contribution in [2.45, 2.75) is 38.5 Å². The first-order valence-corrected chi connectivity index (χ1v) is 10.7. The molecule has 0 unspecified atom stereocenters. The number of hydrogen-bond donors (Lipinski definition) is 0. The summed E-state index contributed by atoms with van der Waals surface area (Å²) in [6, 6.07) is 3.49. The van der Waals surface area contributed by atoms with E-state index in [4.69, 9.17) is 14.2 Å². The lowest BCUT2D eigenvalue weighted by Gasteiger charge is -2.19. The Morgan fingerprint density at radius 3 is 2.34 bits per heavy atom. The Balaban J connectivity index is 1.95. The van der Waals surface area contributed by atoms with Crippen LogP contribution in [0.4, 0.5) is 0 Å². The summed E-state index contributed by atoms with van der Waals surface area (Å²) in [7, 11) is 4.46. The van der Waals surface area contributed by atoms with E-state index in [1.165, 1.54) is 38.4 Å². The van der Waals surface area contributed by atoms with E-state index in [1.54, 1.807) is 24.3 Å². The van der Waals surface area contributed by atoms with Gasteiger partial charge < -0.3 is 18.9 Å². The molecule has 1 aromatic carbocycles. The van der Waals surface area contributed by atoms with E-state index in [2.05, 4.69) is 4.74 Å². The number of amides is 2. The maximum absolute atomic E-state index is 12.3. The lowest BCUT2D eigenvalue weighted by molar-refractivity contribution is -0.141. The van der Waals surface area contributed by atoms with E-state index in [-0.39, 0.29) is 17.8 Å². The highest BCUT2D eigenvalue weighted by atomic mass is 16.5. The molecule has 0 aliphatic carbocycles. The zero-order valence-electron chi connectivity index (χ0n) is 18.9. The van der Waals surface area contributed by atoms with Crippen molar-refractivity contribution >= 4 is 23.9 Å². The van der Waals surface area contributed by atoms with E-state index in [1.807, 2.05) is 0 Å². The Morgan fingerprint density at radius 1 is 1.03 bits per heavy atom. The number of rotatable bonds is 12. The quantitative estimate of drug-likeness (QED) is 0.276. The second-order valence-corrected chi connectivity index (χ2v) is 7.20. The van der Waals surface area contributed by atoms with Crippen LogP contribution in [0, 0.1) is 0 Å². The molecule has 0 saturated carbocycles. The minimum Gasteiger partial charge on any atom is -0.493 e. The molecule has 8 heteroatoms. The zero-order valence-corrected chi connectivity index (χ0v) is 18.9. The second-order valence-electron chi connectivity index (χ2n) is 7.20. The molecular formula is C24H31NO7. The highest BCUT2D eigenvalue weighted by Crippen LogP contribution is 2.39. The molecule has 174 valence electrons. The number of carbonyl (C=O) groups excluding carboxylic acids is 3. The minimum atomic E-state index is -0.371. The molecule has 0 N–H and O–H groups in total. The van der Waals surface area contributed by atoms with Crippen LogP contribution in [0.2, 0.25) is 0 Å². The van der Waals surface area contributed by atoms with Gasteiger partial charge in [0.1, 0.15) is 0 Å². The van der Waals surface area contributed by atoms with Gasteiger partial charge in [-0.15, -0.1) is 0 Å². The Kier molecular flexibility index (Phi) is 10.3. The fraction of sp³-hybridized carbons (Fsp3) is 0.458. The van der Waals surface area contributed by atoms with Crippen molar-refractivity contribution in [3.63, 3.8) is 0 Å². The van der Waals surface area contributed by atoms with Crippen LogP contribution in [0.5, 0.6) is 17.2 Å². The van der Waals surface area contributed by atoms with Gasteiger partial charge in [0.05, 0.1) is 27.9 Å². The van der Waals surface area contributed by atoms with Gasteiger partial charge in [-0.25, -0.2) is 0 Å². The average Bonchev–Trinajstić information content (AvgIpc) is 2.81. The van der Waals surface area contributed by atoms with Crippen LogP contribution in [-0.4, -0.2) is 57.2 Å². The van der Waals surface area contributed by atoms with Gasteiger partial charge in [0.15, 0.2) is 11.5 Å². The van der Waals surface area contributed by atoms with Crippen molar-refractivity contribution < 1.29 is 33.3 Å². The molecule has 1 aliphatic rings. The molecule has 0 saturated heterocycles. The monoisotopic (exact) mass is 445 g/mol. The van der Waals surface area contributed by atoms with E-state index < -0.39 is 0 Å². The minimum absolute atomic E-state index is 0.189. The van der Waals surface area contributed by atoms with Crippen LogP contribution in [0.1, 0.15) is 44.1 Å². The number of ether oxygens (including phenoxy) is 4. The summed E-state index contributed by atoms with van der Waals surface area (Å²) in [4.78, 5) is 36.5. The summed E-state index contributed by atoms with van der Waals surface area (Å²) in [5, 5.41) is 0. The van der Waals surface area contributed by atoms with E-state index in [0.717, 1.165) is 25.7 Å². The van der Waals surface area contributed by atoms with Gasteiger partial charge in [-0.05, 0) is 49.1 Å². The molecule has 1 aliphatic heterocycles. The van der Waals surface area contributed by atoms with Crippen molar-refractivity contribution in [2.75, 3.05) is 34.5 Å². The van der Waals surface area contributed by atoms with Crippen LogP contribution in [0.3, 0.4) is 0 Å². The number of hydrogen-bond acceptors (Lipinski definition) is 7. The number of imide groups is 1. The molecule has 0 bridgehead atoms. The Morgan fingerprint density at radius 2 is 1.72 bits per heavy atom. The third kappa shape index (κ3) is 7.44. The highest BCUT2D eigenvalue weighted by Gasteiger charge is 2.19. The third-order valence-electron chi connectivity index (χ3n) is 4.96. The van der Waals surface area contributed by atoms with Gasteiger partial charge in [0.2, 0.25) is 5.75 Å². The number of esters is 1. The number of benzene rings is 1. The first-order chi connectivity index (χ1) is 15.5. The lowest BCUT2D eigenvalue weighted by atomic mass is 10.1. The molecule has 2 amide bonds. The molecule has 0 spiro atoms. The highest BCUT2D eigenvalue weighted by molar-refractivity contribution is 6.06. The number of unbranched alkanes of at least 4 members (excludes halogenated alkanes) is 3. The SMILES string of the molecule is COC(=O)CCCCCCOc1c(OC)cc(/C=C/C(=O)N2CCC=CC2=O)cc1OC. The maximum Gasteiger partial charge on any atom is 0.305 e. The van der Waals surface area contributed by atoms with Crippen LogP contribution in [0.25, 0.3) is 6.08 Å². The van der Waals surface area contributed by atoms with Crippen LogP contribution >= 0.6 is 0 Å². The smallest absolute Gasteiger partial charge is 0.305 e. The zero-order chi connectivity index (χ0) is 23.3. The standard InChI is InChI=1S/C24H31NO7/c1-29-19-16-18(12-13-22(27)25-14-8-7-10-21(25)26)17-20(30-2)24(19)32-15-9-5-4-6-11-23(28)31-3/h7,10,12-13,16-17H,4-6,8-9,11,14-15H2,1-3H3/b13-12+. The Hall–Kier alpha value is -3.29. The van der Waals surface area contributed by atoms with Gasteiger partial charge in [-0.3, -0.25) is 19.3 Å². The van der Waals surface area contributed by atoms with Gasteiger partial charge in [0, 0.05) is 19.0 Å². The number of carbonyl (C=O) groups is 3. The number of methoxy groups -OCH3 is 3. The molecule has 2 rings (SSSR count).